The Kier molecular flexibility index (Phi) is 5.23. The molecule has 0 bridgehead atoms. The third kappa shape index (κ3) is 4.00. The fourth-order valence-electron chi connectivity index (χ4n) is 2.95. The van der Waals surface area contributed by atoms with Crippen molar-refractivity contribution in [3.63, 3.8) is 0 Å². The van der Waals surface area contributed by atoms with Crippen LogP contribution in [0.4, 0.5) is 11.4 Å². The van der Waals surface area contributed by atoms with Crippen molar-refractivity contribution in [1.82, 2.24) is 4.90 Å². The number of piperazine rings is 1. The van der Waals surface area contributed by atoms with E-state index >= 15 is 0 Å². The van der Waals surface area contributed by atoms with Crippen LogP contribution < -0.4 is 4.90 Å². The molecule has 2 aromatic carbocycles. The van der Waals surface area contributed by atoms with Gasteiger partial charge in [-0.2, -0.15) is 0 Å². The van der Waals surface area contributed by atoms with Gasteiger partial charge in [0.2, 0.25) is 0 Å². The molecule has 0 atom stereocenters. The van der Waals surface area contributed by atoms with Crippen LogP contribution in [0.1, 0.15) is 5.56 Å². The van der Waals surface area contributed by atoms with Crippen LogP contribution in [0.15, 0.2) is 60.7 Å². The van der Waals surface area contributed by atoms with Gasteiger partial charge < -0.3 is 4.90 Å². The number of benzene rings is 2. The number of nitrogens with zero attached hydrogens (tertiary/aromatic N) is 3. The van der Waals surface area contributed by atoms with Gasteiger partial charge in [-0.3, -0.25) is 15.0 Å². The summed E-state index contributed by atoms with van der Waals surface area (Å²) in [7, 11) is 0. The third-order valence-electron chi connectivity index (χ3n) is 4.29. The summed E-state index contributed by atoms with van der Waals surface area (Å²) in [4.78, 5) is 15.4. The molecule has 0 saturated carbocycles. The van der Waals surface area contributed by atoms with Crippen LogP contribution in [0.2, 0.25) is 0 Å². The lowest BCUT2D eigenvalue weighted by Gasteiger charge is -2.35. The highest BCUT2D eigenvalue weighted by molar-refractivity contribution is 5.60. The number of para-hydroxylation sites is 2. The summed E-state index contributed by atoms with van der Waals surface area (Å²) in [6.07, 6.45) is 3.86. The van der Waals surface area contributed by atoms with E-state index in [-0.39, 0.29) is 10.6 Å². The van der Waals surface area contributed by atoms with Crippen LogP contribution in [0.5, 0.6) is 0 Å². The van der Waals surface area contributed by atoms with Gasteiger partial charge in [0, 0.05) is 44.5 Å². The predicted octanol–water partition coefficient (Wildman–Crippen LogP) is 3.43. The molecular formula is C19H21N3O2. The fraction of sp³-hybridized carbons (Fsp3) is 0.263. The minimum Gasteiger partial charge on any atom is -0.369 e. The van der Waals surface area contributed by atoms with E-state index in [0.29, 0.717) is 5.56 Å². The molecule has 5 heteroatoms. The first-order chi connectivity index (χ1) is 11.7. The Labute approximate surface area is 142 Å². The van der Waals surface area contributed by atoms with Gasteiger partial charge in [0.25, 0.3) is 5.69 Å². The summed E-state index contributed by atoms with van der Waals surface area (Å²) in [5.41, 5.74) is 2.08. The Morgan fingerprint density at radius 2 is 1.62 bits per heavy atom. The number of nitro groups is 1. The van der Waals surface area contributed by atoms with Crippen LogP contribution >= 0.6 is 0 Å². The van der Waals surface area contributed by atoms with Gasteiger partial charge in [0.1, 0.15) is 0 Å². The molecule has 0 spiro atoms. The molecule has 2 aromatic rings. The van der Waals surface area contributed by atoms with E-state index in [9.17, 15) is 10.1 Å². The zero-order valence-electron chi connectivity index (χ0n) is 13.5. The quantitative estimate of drug-likeness (QED) is 0.625. The molecule has 0 unspecified atom stereocenters. The third-order valence-corrected chi connectivity index (χ3v) is 4.29. The predicted molar refractivity (Wildman–Crippen MR) is 97.2 cm³/mol. The van der Waals surface area contributed by atoms with E-state index in [1.807, 2.05) is 24.3 Å². The standard InChI is InChI=1S/C19H21N3O2/c23-22(24)19-11-5-4-7-17(19)8-6-12-20-13-15-21(16-14-20)18-9-2-1-3-10-18/h1-11H,12-16H2/b8-6+. The fourth-order valence-corrected chi connectivity index (χ4v) is 2.95. The first kappa shape index (κ1) is 16.2. The molecule has 3 rings (SSSR count). The molecule has 0 N–H and O–H groups in total. The average Bonchev–Trinajstić information content (AvgIpc) is 2.63. The van der Waals surface area contributed by atoms with Gasteiger partial charge in [-0.15, -0.1) is 0 Å². The largest absolute Gasteiger partial charge is 0.369 e. The number of nitro benzene ring substituents is 1. The number of hydrogen-bond donors (Lipinski definition) is 0. The Morgan fingerprint density at radius 1 is 0.958 bits per heavy atom. The van der Waals surface area contributed by atoms with Crippen molar-refractivity contribution in [2.24, 2.45) is 0 Å². The summed E-state index contributed by atoms with van der Waals surface area (Å²) in [6.45, 7) is 4.81. The Hall–Kier alpha value is -2.66. The highest BCUT2D eigenvalue weighted by Gasteiger charge is 2.16. The molecule has 1 heterocycles. The van der Waals surface area contributed by atoms with Crippen LogP contribution in [0, 0.1) is 10.1 Å². The van der Waals surface area contributed by atoms with Crippen molar-refractivity contribution >= 4 is 17.5 Å². The van der Waals surface area contributed by atoms with Crippen molar-refractivity contribution in [1.29, 1.82) is 0 Å². The van der Waals surface area contributed by atoms with E-state index in [2.05, 4.69) is 34.1 Å². The monoisotopic (exact) mass is 323 g/mol. The smallest absolute Gasteiger partial charge is 0.276 e. The lowest BCUT2D eigenvalue weighted by molar-refractivity contribution is -0.385. The molecule has 0 radical (unpaired) electrons. The van der Waals surface area contributed by atoms with Crippen LogP contribution in [0.25, 0.3) is 6.08 Å². The normalized spacial score (nSPS) is 15.8. The molecule has 1 aliphatic rings. The summed E-state index contributed by atoms with van der Waals surface area (Å²) in [5, 5.41) is 11.0. The molecule has 1 aliphatic heterocycles. The molecule has 124 valence electrons. The van der Waals surface area contributed by atoms with Crippen LogP contribution in [0.3, 0.4) is 0 Å². The SMILES string of the molecule is O=[N+]([O-])c1ccccc1/C=C/CN1CCN(c2ccccc2)CC1. The zero-order chi connectivity index (χ0) is 16.8. The zero-order valence-corrected chi connectivity index (χ0v) is 13.5. The highest BCUT2D eigenvalue weighted by Crippen LogP contribution is 2.19. The molecule has 1 saturated heterocycles. The van der Waals surface area contributed by atoms with Gasteiger partial charge >= 0.3 is 0 Å². The molecule has 1 fully saturated rings. The minimum absolute atomic E-state index is 0.155. The van der Waals surface area contributed by atoms with Gasteiger partial charge in [-0.25, -0.2) is 0 Å². The molecule has 24 heavy (non-hydrogen) atoms. The lowest BCUT2D eigenvalue weighted by atomic mass is 10.1. The van der Waals surface area contributed by atoms with E-state index in [4.69, 9.17) is 0 Å². The maximum absolute atomic E-state index is 11.0. The van der Waals surface area contributed by atoms with Crippen molar-refractivity contribution in [2.45, 2.75) is 0 Å². The van der Waals surface area contributed by atoms with Gasteiger partial charge in [-0.1, -0.05) is 42.5 Å². The lowest BCUT2D eigenvalue weighted by Crippen LogP contribution is -2.46. The number of hydrogen-bond acceptors (Lipinski definition) is 4. The van der Waals surface area contributed by atoms with E-state index in [1.54, 1.807) is 12.1 Å². The average molecular weight is 323 g/mol. The van der Waals surface area contributed by atoms with E-state index in [0.717, 1.165) is 32.7 Å². The maximum Gasteiger partial charge on any atom is 0.276 e. The highest BCUT2D eigenvalue weighted by atomic mass is 16.6. The second kappa shape index (κ2) is 7.75. The van der Waals surface area contributed by atoms with E-state index < -0.39 is 0 Å². The Balaban J connectivity index is 1.53. The summed E-state index contributed by atoms with van der Waals surface area (Å²) in [5.74, 6) is 0. The number of rotatable bonds is 5. The first-order valence-corrected chi connectivity index (χ1v) is 8.16. The summed E-state index contributed by atoms with van der Waals surface area (Å²) < 4.78 is 0. The minimum atomic E-state index is -0.335. The molecule has 5 nitrogen and oxygen atoms in total. The molecule has 0 amide bonds. The van der Waals surface area contributed by atoms with Crippen molar-refractivity contribution in [2.75, 3.05) is 37.6 Å². The molecular weight excluding hydrogens is 302 g/mol. The molecule has 0 aliphatic carbocycles. The first-order valence-electron chi connectivity index (χ1n) is 8.16. The van der Waals surface area contributed by atoms with Gasteiger partial charge in [-0.05, 0) is 18.2 Å². The van der Waals surface area contributed by atoms with Crippen molar-refractivity contribution in [3.8, 4) is 0 Å². The topological polar surface area (TPSA) is 49.6 Å². The number of anilines is 1. The Morgan fingerprint density at radius 3 is 2.33 bits per heavy atom. The van der Waals surface area contributed by atoms with Crippen LogP contribution in [-0.4, -0.2) is 42.5 Å². The molecule has 0 aromatic heterocycles. The van der Waals surface area contributed by atoms with Crippen molar-refractivity contribution < 1.29 is 4.92 Å². The Bertz CT molecular complexity index is 708. The van der Waals surface area contributed by atoms with Crippen molar-refractivity contribution in [3.05, 3.63) is 76.4 Å². The van der Waals surface area contributed by atoms with E-state index in [1.165, 1.54) is 11.8 Å². The van der Waals surface area contributed by atoms with Gasteiger partial charge in [0.15, 0.2) is 0 Å². The summed E-state index contributed by atoms with van der Waals surface area (Å²) in [6, 6.07) is 17.3. The second-order valence-corrected chi connectivity index (χ2v) is 5.84. The second-order valence-electron chi connectivity index (χ2n) is 5.84. The summed E-state index contributed by atoms with van der Waals surface area (Å²) >= 11 is 0. The maximum atomic E-state index is 11.0. The van der Waals surface area contributed by atoms with Gasteiger partial charge in [0.05, 0.1) is 10.5 Å². The van der Waals surface area contributed by atoms with Crippen LogP contribution in [-0.2, 0) is 0 Å².